The van der Waals surface area contributed by atoms with E-state index in [0.717, 1.165) is 12.3 Å². The van der Waals surface area contributed by atoms with E-state index in [2.05, 4.69) is 27.2 Å². The summed E-state index contributed by atoms with van der Waals surface area (Å²) in [5, 5.41) is 0. The molecule has 0 spiro atoms. The van der Waals surface area contributed by atoms with Crippen molar-refractivity contribution in [1.82, 2.24) is 0 Å². The molecule has 2 radical (unpaired) electrons. The van der Waals surface area contributed by atoms with E-state index in [1.807, 2.05) is 0 Å². The van der Waals surface area contributed by atoms with Gasteiger partial charge >= 0.3 is 0 Å². The summed E-state index contributed by atoms with van der Waals surface area (Å²) < 4.78 is 0. The van der Waals surface area contributed by atoms with Crippen molar-refractivity contribution >= 4 is 0 Å². The lowest BCUT2D eigenvalue weighted by Gasteiger charge is -2.07. The first-order chi connectivity index (χ1) is 3.85. The van der Waals surface area contributed by atoms with Gasteiger partial charge in [0.05, 0.1) is 0 Å². The van der Waals surface area contributed by atoms with Crippen LogP contribution in [0, 0.1) is 19.3 Å². The Hall–Kier alpha value is 0. The molecule has 0 fully saturated rings. The molecule has 0 aromatic heterocycles. The molecule has 0 aliphatic rings. The summed E-state index contributed by atoms with van der Waals surface area (Å²) in [4.78, 5) is 0. The maximum Gasteiger partial charge on any atom is -0.0358 e. The van der Waals surface area contributed by atoms with E-state index in [-0.39, 0.29) is 0 Å². The molecule has 1 atom stereocenters. The Labute approximate surface area is 53.3 Å². The quantitative estimate of drug-likeness (QED) is 0.524. The molecule has 0 aliphatic carbocycles. The second kappa shape index (κ2) is 5.14. The van der Waals surface area contributed by atoms with E-state index in [4.69, 9.17) is 0 Å². The van der Waals surface area contributed by atoms with Crippen LogP contribution in [0.25, 0.3) is 0 Å². The highest BCUT2D eigenvalue weighted by atomic mass is 14.0. The molecule has 0 rings (SSSR count). The Morgan fingerprint density at radius 3 is 2.25 bits per heavy atom. The second-order valence-corrected chi connectivity index (χ2v) is 2.10. The molecule has 0 heterocycles. The molecule has 0 heteroatoms. The summed E-state index contributed by atoms with van der Waals surface area (Å²) in [6.07, 6.45) is 5.84. The molecule has 0 saturated carbocycles. The van der Waals surface area contributed by atoms with Crippen molar-refractivity contribution in [3.05, 3.63) is 13.3 Å². The van der Waals surface area contributed by atoms with Crippen LogP contribution in [0.15, 0.2) is 0 Å². The fourth-order valence-electron chi connectivity index (χ4n) is 0.822. The largest absolute Gasteiger partial charge is 0.0651 e. The molecule has 0 amide bonds. The van der Waals surface area contributed by atoms with Gasteiger partial charge < -0.3 is 0 Å². The van der Waals surface area contributed by atoms with Crippen LogP contribution >= 0.6 is 0 Å². The molecule has 0 bridgehead atoms. The summed E-state index contributed by atoms with van der Waals surface area (Å²) in [6, 6.07) is 0. The molecule has 0 nitrogen and oxygen atoms in total. The van der Waals surface area contributed by atoms with Crippen LogP contribution in [0.1, 0.15) is 33.1 Å². The van der Waals surface area contributed by atoms with E-state index in [0.29, 0.717) is 0 Å². The third kappa shape index (κ3) is 3.06. The smallest absolute Gasteiger partial charge is 0.0358 e. The summed E-state index contributed by atoms with van der Waals surface area (Å²) >= 11 is 0. The van der Waals surface area contributed by atoms with Gasteiger partial charge in [0.2, 0.25) is 0 Å². The normalized spacial score (nSPS) is 10.5. The molecule has 8 heavy (non-hydrogen) atoms. The predicted octanol–water partition coefficient (Wildman–Crippen LogP) is 2.85. The minimum Gasteiger partial charge on any atom is -0.0651 e. The number of hydrogen-bond acceptors (Lipinski definition) is 0. The lowest BCUT2D eigenvalue weighted by atomic mass is 9.98. The average molecular weight is 112 g/mol. The van der Waals surface area contributed by atoms with Crippen molar-refractivity contribution in [2.24, 2.45) is 5.92 Å². The minimum absolute atomic E-state index is 0.764. The lowest BCUT2D eigenvalue weighted by molar-refractivity contribution is 0.574. The fourth-order valence-corrected chi connectivity index (χ4v) is 0.822. The van der Waals surface area contributed by atoms with Crippen LogP contribution in [-0.4, -0.2) is 0 Å². The van der Waals surface area contributed by atoms with Crippen molar-refractivity contribution < 1.29 is 0 Å². The predicted molar refractivity (Wildman–Crippen MR) is 38.3 cm³/mol. The first kappa shape index (κ1) is 8.00. The van der Waals surface area contributed by atoms with Crippen molar-refractivity contribution in [3.63, 3.8) is 0 Å². The highest BCUT2D eigenvalue weighted by Gasteiger charge is 1.99. The monoisotopic (exact) mass is 112 g/mol. The Morgan fingerprint density at radius 1 is 1.50 bits per heavy atom. The van der Waals surface area contributed by atoms with Gasteiger partial charge in [0.15, 0.2) is 0 Å². The molecule has 0 saturated heterocycles. The molecule has 1 unspecified atom stereocenters. The molecule has 0 aromatic rings. The van der Waals surface area contributed by atoms with Gasteiger partial charge in [0.1, 0.15) is 0 Å². The number of hydrogen-bond donors (Lipinski definition) is 0. The Kier molecular flexibility index (Phi) is 5.14. The van der Waals surface area contributed by atoms with Crippen molar-refractivity contribution in [2.45, 2.75) is 33.1 Å². The van der Waals surface area contributed by atoms with Gasteiger partial charge in [-0.05, 0) is 12.3 Å². The Balaban J connectivity index is 3.07. The summed E-state index contributed by atoms with van der Waals surface area (Å²) in [6.45, 7) is 8.23. The molecule has 48 valence electrons. The minimum atomic E-state index is 0.764. The Morgan fingerprint density at radius 2 is 2.12 bits per heavy atom. The summed E-state index contributed by atoms with van der Waals surface area (Å²) in [5.74, 6) is 0.764. The summed E-state index contributed by atoms with van der Waals surface area (Å²) in [7, 11) is 0. The van der Waals surface area contributed by atoms with E-state index in [1.165, 1.54) is 12.8 Å². The van der Waals surface area contributed by atoms with Crippen molar-refractivity contribution in [1.29, 1.82) is 0 Å². The highest BCUT2D eigenvalue weighted by molar-refractivity contribution is 4.73. The molecular weight excluding hydrogens is 96.1 g/mol. The van der Waals surface area contributed by atoms with Crippen LogP contribution in [0.3, 0.4) is 0 Å². The first-order valence-electron chi connectivity index (χ1n) is 3.47. The van der Waals surface area contributed by atoms with E-state index >= 15 is 0 Å². The topological polar surface area (TPSA) is 0 Å². The highest BCUT2D eigenvalue weighted by Crippen LogP contribution is 2.11. The maximum absolute atomic E-state index is 3.84. The zero-order chi connectivity index (χ0) is 6.41. The van der Waals surface area contributed by atoms with Gasteiger partial charge in [0.25, 0.3) is 0 Å². The zero-order valence-electron chi connectivity index (χ0n) is 5.98. The third-order valence-corrected chi connectivity index (χ3v) is 1.46. The lowest BCUT2D eigenvalue weighted by Crippen LogP contribution is -1.95. The second-order valence-electron chi connectivity index (χ2n) is 2.10. The van der Waals surface area contributed by atoms with Gasteiger partial charge in [-0.2, -0.15) is 0 Å². The van der Waals surface area contributed by atoms with Gasteiger partial charge in [-0.25, -0.2) is 0 Å². The van der Waals surface area contributed by atoms with Gasteiger partial charge in [-0.3, -0.25) is 0 Å². The van der Waals surface area contributed by atoms with E-state index in [1.54, 1.807) is 0 Å². The SMILES string of the molecule is [CH2]CC([CH]CC)CC. The van der Waals surface area contributed by atoms with Crippen LogP contribution in [-0.2, 0) is 0 Å². The molecular formula is C8H16. The van der Waals surface area contributed by atoms with E-state index < -0.39 is 0 Å². The summed E-state index contributed by atoms with van der Waals surface area (Å²) in [5.41, 5.74) is 0. The van der Waals surface area contributed by atoms with Gasteiger partial charge in [0, 0.05) is 0 Å². The number of rotatable bonds is 4. The van der Waals surface area contributed by atoms with Crippen LogP contribution < -0.4 is 0 Å². The van der Waals surface area contributed by atoms with Crippen LogP contribution in [0.2, 0.25) is 0 Å². The van der Waals surface area contributed by atoms with Crippen molar-refractivity contribution in [2.75, 3.05) is 0 Å². The van der Waals surface area contributed by atoms with Crippen LogP contribution in [0.5, 0.6) is 0 Å². The first-order valence-corrected chi connectivity index (χ1v) is 3.47. The fraction of sp³-hybridized carbons (Fsp3) is 0.750. The zero-order valence-corrected chi connectivity index (χ0v) is 5.98. The standard InChI is InChI=1S/C8H16/c1-4-7-8(5-2)6-3/h7-8H,2,4-6H2,1,3H3. The molecule has 0 aromatic carbocycles. The maximum atomic E-state index is 3.84. The molecule has 0 aliphatic heterocycles. The van der Waals surface area contributed by atoms with Crippen LogP contribution in [0.4, 0.5) is 0 Å². The average Bonchev–Trinajstić information content (AvgIpc) is 1.83. The third-order valence-electron chi connectivity index (χ3n) is 1.46. The Bertz CT molecular complexity index is 35.3. The van der Waals surface area contributed by atoms with Gasteiger partial charge in [-0.15, -0.1) is 0 Å². The van der Waals surface area contributed by atoms with E-state index in [9.17, 15) is 0 Å². The van der Waals surface area contributed by atoms with Gasteiger partial charge in [-0.1, -0.05) is 40.0 Å². The van der Waals surface area contributed by atoms with Crippen molar-refractivity contribution in [3.8, 4) is 0 Å². The molecule has 0 N–H and O–H groups in total.